The van der Waals surface area contributed by atoms with Crippen LogP contribution in [-0.4, -0.2) is 71.0 Å². The van der Waals surface area contributed by atoms with Crippen LogP contribution in [-0.2, 0) is 40.0 Å². The Morgan fingerprint density at radius 2 is 1.86 bits per heavy atom. The van der Waals surface area contributed by atoms with E-state index in [0.29, 0.717) is 11.3 Å². The summed E-state index contributed by atoms with van der Waals surface area (Å²) in [6.07, 6.45) is -1.21. The molecule has 0 spiro atoms. The highest BCUT2D eigenvalue weighted by Crippen LogP contribution is 2.16. The predicted octanol–water partition coefficient (Wildman–Crippen LogP) is 1.62. The van der Waals surface area contributed by atoms with E-state index in [9.17, 15) is 23.1 Å². The second kappa shape index (κ2) is 14.8. The number of hydrogen-bond acceptors (Lipinski definition) is 10. The number of aryl methyl sites for hydroxylation is 1. The summed E-state index contributed by atoms with van der Waals surface area (Å²) in [6, 6.07) is 11.7. The van der Waals surface area contributed by atoms with Gasteiger partial charge in [-0.2, -0.15) is 8.42 Å². The van der Waals surface area contributed by atoms with Crippen LogP contribution in [0.15, 0.2) is 58.5 Å². The summed E-state index contributed by atoms with van der Waals surface area (Å²) in [7, 11) is -2.85. The third-order valence-corrected chi connectivity index (χ3v) is 6.01. The monoisotopic (exact) mass is 536 g/mol. The Morgan fingerprint density at radius 3 is 2.54 bits per heavy atom. The van der Waals surface area contributed by atoms with Gasteiger partial charge in [-0.1, -0.05) is 34.9 Å². The Morgan fingerprint density at radius 1 is 1.14 bits per heavy atom. The molecular formula is C23H28N4O9S. The predicted molar refractivity (Wildman–Crippen MR) is 130 cm³/mol. The van der Waals surface area contributed by atoms with Gasteiger partial charge < -0.3 is 24.6 Å². The number of aliphatic hydroxyl groups is 1. The number of aliphatic hydroxyl groups excluding tert-OH is 1. The molecule has 0 heterocycles. The van der Waals surface area contributed by atoms with Crippen molar-refractivity contribution in [1.82, 2.24) is 5.32 Å². The van der Waals surface area contributed by atoms with Gasteiger partial charge in [-0.05, 0) is 42.3 Å². The number of benzene rings is 2. The summed E-state index contributed by atoms with van der Waals surface area (Å²) in [5.41, 5.74) is 9.84. The first-order chi connectivity index (χ1) is 17.6. The van der Waals surface area contributed by atoms with Gasteiger partial charge in [-0.15, -0.1) is 0 Å². The number of amides is 1. The third-order valence-electron chi connectivity index (χ3n) is 4.72. The van der Waals surface area contributed by atoms with Crippen molar-refractivity contribution in [2.75, 3.05) is 33.5 Å². The fourth-order valence-corrected chi connectivity index (χ4v) is 3.79. The summed E-state index contributed by atoms with van der Waals surface area (Å²) < 4.78 is 45.0. The Bertz CT molecular complexity index is 1200. The molecule has 0 aliphatic carbocycles. The van der Waals surface area contributed by atoms with Gasteiger partial charge in [0, 0.05) is 4.91 Å². The maximum absolute atomic E-state index is 12.2. The van der Waals surface area contributed by atoms with Crippen LogP contribution in [0.3, 0.4) is 0 Å². The van der Waals surface area contributed by atoms with E-state index in [1.54, 1.807) is 36.4 Å². The Kier molecular flexibility index (Phi) is 11.8. The first kappa shape index (κ1) is 29.5. The highest BCUT2D eigenvalue weighted by atomic mass is 32.2. The lowest BCUT2D eigenvalue weighted by molar-refractivity contribution is -0.146. The number of hydrogen-bond donors (Lipinski definition) is 2. The molecule has 1 amide bonds. The maximum atomic E-state index is 12.2. The molecule has 1 unspecified atom stereocenters. The number of carbonyl (C=O) groups is 2. The number of nitrogens with one attached hydrogen (secondary N) is 1. The molecular weight excluding hydrogens is 508 g/mol. The summed E-state index contributed by atoms with van der Waals surface area (Å²) in [4.78, 5) is 26.0. The molecule has 2 atom stereocenters. The van der Waals surface area contributed by atoms with Crippen LogP contribution < -0.4 is 10.1 Å². The van der Waals surface area contributed by atoms with E-state index >= 15 is 0 Å². The molecule has 0 aliphatic rings. The molecule has 0 saturated carbocycles. The molecule has 0 saturated heterocycles. The van der Waals surface area contributed by atoms with Crippen molar-refractivity contribution in [3.8, 4) is 5.75 Å². The van der Waals surface area contributed by atoms with E-state index < -0.39 is 47.3 Å². The molecule has 0 bridgehead atoms. The Balaban J connectivity index is 1.82. The van der Waals surface area contributed by atoms with Gasteiger partial charge in [-0.3, -0.25) is 8.98 Å². The summed E-state index contributed by atoms with van der Waals surface area (Å²) in [6.45, 7) is 0.490. The first-order valence-corrected chi connectivity index (χ1v) is 12.4. The molecule has 37 heavy (non-hydrogen) atoms. The molecule has 2 aromatic rings. The fraction of sp³-hybridized carbons (Fsp3) is 0.391. The smallest absolute Gasteiger partial charge is 0.330 e. The lowest BCUT2D eigenvalue weighted by atomic mass is 10.2. The zero-order valence-electron chi connectivity index (χ0n) is 20.3. The Labute approximate surface area is 214 Å². The molecule has 2 N–H and O–H groups in total. The highest BCUT2D eigenvalue weighted by Gasteiger charge is 2.22. The molecule has 0 aromatic heterocycles. The molecule has 0 fully saturated rings. The minimum atomic E-state index is -4.01. The van der Waals surface area contributed by atoms with Gasteiger partial charge in [0.15, 0.2) is 6.04 Å². The zero-order chi connectivity index (χ0) is 27.3. The van der Waals surface area contributed by atoms with E-state index in [4.69, 9.17) is 19.2 Å². The first-order valence-electron chi connectivity index (χ1n) is 11.0. The summed E-state index contributed by atoms with van der Waals surface area (Å²) >= 11 is 0. The lowest BCUT2D eigenvalue weighted by Crippen LogP contribution is -2.45. The highest BCUT2D eigenvalue weighted by molar-refractivity contribution is 7.86. The maximum Gasteiger partial charge on any atom is 0.330 e. The summed E-state index contributed by atoms with van der Waals surface area (Å²) in [5, 5.41) is 15.6. The standard InChI is InChI=1S/C23H28N4O9S/c1-16-6-8-20(9-7-16)37(31,32)36-14-18(28)13-35-19-5-3-4-17(10-19)12-34-15-21(23(30)33-2)26-22(29)11-25-27-24/h3-10,18,21,28H,11-15H2,1-2H3,(H,26,29)/t18?,21-/m0/s1. The topological polar surface area (TPSA) is 186 Å². The average molecular weight is 537 g/mol. The van der Waals surface area contributed by atoms with Gasteiger partial charge in [0.1, 0.15) is 25.0 Å². The van der Waals surface area contributed by atoms with Crippen molar-refractivity contribution in [2.24, 2.45) is 5.11 Å². The number of esters is 1. The third kappa shape index (κ3) is 10.5. The van der Waals surface area contributed by atoms with Gasteiger partial charge in [0.05, 0.1) is 31.8 Å². The molecule has 2 rings (SSSR count). The van der Waals surface area contributed by atoms with Gasteiger partial charge in [0.2, 0.25) is 5.91 Å². The number of ether oxygens (including phenoxy) is 3. The largest absolute Gasteiger partial charge is 0.491 e. The van der Waals surface area contributed by atoms with Gasteiger partial charge >= 0.3 is 5.97 Å². The van der Waals surface area contributed by atoms with Gasteiger partial charge in [-0.25, -0.2) is 4.79 Å². The van der Waals surface area contributed by atoms with Crippen LogP contribution in [0.1, 0.15) is 11.1 Å². The lowest BCUT2D eigenvalue weighted by Gasteiger charge is -2.16. The van der Waals surface area contributed by atoms with Crippen LogP contribution in [0.4, 0.5) is 0 Å². The van der Waals surface area contributed by atoms with Crippen LogP contribution in [0, 0.1) is 6.92 Å². The number of nitrogens with zero attached hydrogens (tertiary/aromatic N) is 3. The second-order valence-electron chi connectivity index (χ2n) is 7.71. The molecule has 0 radical (unpaired) electrons. The SMILES string of the molecule is COC(=O)[C@H](COCc1cccc(OCC(O)COS(=O)(=O)c2ccc(C)cc2)c1)NC(=O)CN=[N+]=[N-]. The van der Waals surface area contributed by atoms with Crippen molar-refractivity contribution in [2.45, 2.75) is 30.6 Å². The van der Waals surface area contributed by atoms with Crippen LogP contribution >= 0.6 is 0 Å². The zero-order valence-corrected chi connectivity index (χ0v) is 21.1. The van der Waals surface area contributed by atoms with Gasteiger partial charge in [0.25, 0.3) is 10.1 Å². The minimum absolute atomic E-state index is 0.0106. The fourth-order valence-electron chi connectivity index (χ4n) is 2.85. The normalized spacial score (nSPS) is 12.6. The number of rotatable bonds is 15. The van der Waals surface area contributed by atoms with E-state index in [2.05, 4.69) is 20.1 Å². The van der Waals surface area contributed by atoms with Crippen LogP contribution in [0.2, 0.25) is 0 Å². The number of carbonyl (C=O) groups excluding carboxylic acids is 2. The van der Waals surface area contributed by atoms with Crippen molar-refractivity contribution >= 4 is 22.0 Å². The minimum Gasteiger partial charge on any atom is -0.491 e. The molecule has 13 nitrogen and oxygen atoms in total. The molecule has 0 aliphatic heterocycles. The average Bonchev–Trinajstić information content (AvgIpc) is 2.89. The Hall–Kier alpha value is -3.68. The number of methoxy groups -OCH3 is 1. The number of azide groups is 1. The molecule has 14 heteroatoms. The van der Waals surface area contributed by atoms with Crippen LogP contribution in [0.5, 0.6) is 5.75 Å². The van der Waals surface area contributed by atoms with Crippen LogP contribution in [0.25, 0.3) is 10.4 Å². The second-order valence-corrected chi connectivity index (χ2v) is 9.33. The van der Waals surface area contributed by atoms with Crippen molar-refractivity contribution in [3.05, 3.63) is 70.1 Å². The molecule has 2 aromatic carbocycles. The van der Waals surface area contributed by atoms with Crippen molar-refractivity contribution in [3.63, 3.8) is 0 Å². The van der Waals surface area contributed by atoms with E-state index in [0.717, 1.165) is 12.7 Å². The summed E-state index contributed by atoms with van der Waals surface area (Å²) in [5.74, 6) is -1.01. The van der Waals surface area contributed by atoms with E-state index in [1.807, 2.05) is 6.92 Å². The van der Waals surface area contributed by atoms with E-state index in [1.165, 1.54) is 12.1 Å². The van der Waals surface area contributed by atoms with Crippen molar-refractivity contribution in [1.29, 1.82) is 0 Å². The van der Waals surface area contributed by atoms with E-state index in [-0.39, 0.29) is 24.7 Å². The molecule has 200 valence electrons. The quantitative estimate of drug-likeness (QED) is 0.112. The van der Waals surface area contributed by atoms with Crippen molar-refractivity contribution < 1.29 is 41.5 Å².